The maximum atomic E-state index is 13.6. The molecule has 2 heterocycles. The van der Waals surface area contributed by atoms with E-state index < -0.39 is 44.8 Å². The number of hydrogen-bond donors (Lipinski definition) is 0. The van der Waals surface area contributed by atoms with E-state index in [4.69, 9.17) is 22.5 Å². The molecule has 0 unspecified atom stereocenters. The molecule has 5 rings (SSSR count). The van der Waals surface area contributed by atoms with Crippen molar-refractivity contribution in [3.63, 3.8) is 0 Å². The van der Waals surface area contributed by atoms with Crippen LogP contribution in [0, 0.1) is 13.8 Å². The molecular weight excluding hydrogens is 621 g/mol. The molecule has 3 aromatic rings. The first-order valence-corrected chi connectivity index (χ1v) is 14.7. The molecule has 15 heteroatoms. The van der Waals surface area contributed by atoms with Gasteiger partial charge in [0.1, 0.15) is 12.8 Å². The Balaban J connectivity index is 0.000000510. The molecular formula is C30H27F3N2O9S. The number of hydroxylamine groups is 2. The van der Waals surface area contributed by atoms with Gasteiger partial charge >= 0.3 is 17.4 Å². The first kappa shape index (κ1) is 33.3. The van der Waals surface area contributed by atoms with Gasteiger partial charge < -0.3 is 14.1 Å². The summed E-state index contributed by atoms with van der Waals surface area (Å²) in [5, 5.41) is 2.70. The Morgan fingerprint density at radius 1 is 0.956 bits per heavy atom. The van der Waals surface area contributed by atoms with Gasteiger partial charge in [0.15, 0.2) is 10.1 Å². The van der Waals surface area contributed by atoms with Crippen molar-refractivity contribution in [3.8, 4) is 5.75 Å². The van der Waals surface area contributed by atoms with Gasteiger partial charge in [-0.05, 0) is 67.8 Å². The fourth-order valence-electron chi connectivity index (χ4n) is 5.41. The van der Waals surface area contributed by atoms with E-state index in [0.717, 1.165) is 22.0 Å². The maximum absolute atomic E-state index is 13.6. The number of aryl methyl sites for hydroxylation is 2. The number of imide groups is 1. The van der Waals surface area contributed by atoms with Gasteiger partial charge in [0.25, 0.3) is 17.5 Å². The summed E-state index contributed by atoms with van der Waals surface area (Å²) in [5.41, 5.74) is -2.50. The molecule has 0 spiro atoms. The van der Waals surface area contributed by atoms with E-state index in [-0.39, 0.29) is 18.4 Å². The molecule has 0 aromatic heterocycles. The van der Waals surface area contributed by atoms with Crippen LogP contribution in [0.2, 0.25) is 0 Å². The minimum absolute atomic E-state index is 0.0162. The Morgan fingerprint density at radius 3 is 2.02 bits per heavy atom. The van der Waals surface area contributed by atoms with Crippen LogP contribution in [-0.2, 0) is 34.8 Å². The van der Waals surface area contributed by atoms with Gasteiger partial charge in [-0.15, -0.1) is 5.06 Å². The number of carbonyl (C=O) groups is 4. The zero-order chi connectivity index (χ0) is 33.6. The van der Waals surface area contributed by atoms with E-state index in [2.05, 4.69) is 12.1 Å². The van der Waals surface area contributed by atoms with E-state index in [1.165, 1.54) is 12.1 Å². The molecule has 0 aliphatic carbocycles. The predicted octanol–water partition coefficient (Wildman–Crippen LogP) is 4.34. The highest BCUT2D eigenvalue weighted by Crippen LogP contribution is 2.43. The van der Waals surface area contributed by atoms with E-state index in [0.29, 0.717) is 27.7 Å². The minimum atomic E-state index is -6.09. The highest BCUT2D eigenvalue weighted by molar-refractivity contribution is 7.86. The molecule has 0 N–H and O–H groups in total. The normalized spacial score (nSPS) is 16.0. The summed E-state index contributed by atoms with van der Waals surface area (Å²) in [4.78, 5) is 54.8. The quantitative estimate of drug-likeness (QED) is 0.101. The zero-order valence-corrected chi connectivity index (χ0v) is 25.5. The van der Waals surface area contributed by atoms with Crippen LogP contribution in [0.3, 0.4) is 0 Å². The van der Waals surface area contributed by atoms with Crippen LogP contribution < -0.4 is 4.74 Å². The molecule has 11 nitrogen and oxygen atoms in total. The third-order valence-electron chi connectivity index (χ3n) is 7.37. The van der Waals surface area contributed by atoms with Crippen molar-refractivity contribution in [3.05, 3.63) is 70.8 Å². The predicted molar refractivity (Wildman–Crippen MR) is 152 cm³/mol. The molecule has 0 atom stereocenters. The third kappa shape index (κ3) is 6.31. The van der Waals surface area contributed by atoms with Gasteiger partial charge in [-0.2, -0.15) is 17.7 Å². The van der Waals surface area contributed by atoms with Crippen LogP contribution in [0.4, 0.5) is 18.9 Å². The standard InChI is InChI=1S/C29H27N2O6.CHF3O3S/c1-16-14-19(27(34)37-31-22(32)12-13-23(31)33)15-17(2)25(16)36-28(35)26-29(3,4)24-20-9-7-6-8-18(20)10-11-21(24)30(26)5;2-1(3,4)8(5,6)7/h6-11,14-15H,12-13H2,1-5H3;(H,5,6,7)/q+1;/p-1. The molecule has 2 aliphatic heterocycles. The van der Waals surface area contributed by atoms with Crippen LogP contribution in [0.25, 0.3) is 10.8 Å². The lowest BCUT2D eigenvalue weighted by Gasteiger charge is -2.19. The summed E-state index contributed by atoms with van der Waals surface area (Å²) in [6.45, 7) is 7.46. The number of esters is 1. The SMILES string of the molecule is Cc1cc(C(=O)ON2C(=O)CCC2=O)cc(C)c1OC(=O)C1=[N+](C)c2ccc3ccccc3c2C1(C)C.O=S(=O)([O-])C(F)(F)F. The summed E-state index contributed by atoms with van der Waals surface area (Å²) in [7, 11) is -4.23. The van der Waals surface area contributed by atoms with Crippen molar-refractivity contribution < 1.29 is 59.5 Å². The highest BCUT2D eigenvalue weighted by atomic mass is 32.2. The number of nitrogens with zero attached hydrogens (tertiary/aromatic N) is 2. The lowest BCUT2D eigenvalue weighted by atomic mass is 9.79. The molecule has 238 valence electrons. The molecule has 45 heavy (non-hydrogen) atoms. The first-order chi connectivity index (χ1) is 20.8. The smallest absolute Gasteiger partial charge is 0.485 e. The average Bonchev–Trinajstić information content (AvgIpc) is 3.36. The van der Waals surface area contributed by atoms with E-state index >= 15 is 0 Å². The monoisotopic (exact) mass is 648 g/mol. The zero-order valence-electron chi connectivity index (χ0n) is 24.6. The van der Waals surface area contributed by atoms with E-state index in [1.807, 2.05) is 49.7 Å². The molecule has 2 aliphatic rings. The second-order valence-electron chi connectivity index (χ2n) is 10.9. The van der Waals surface area contributed by atoms with Crippen LogP contribution in [0.15, 0.2) is 48.5 Å². The Kier molecular flexibility index (Phi) is 8.65. The third-order valence-corrected chi connectivity index (χ3v) is 7.94. The summed E-state index contributed by atoms with van der Waals surface area (Å²) in [5.74, 6) is -2.08. The van der Waals surface area contributed by atoms with Gasteiger partial charge in [-0.3, -0.25) is 9.59 Å². The maximum Gasteiger partial charge on any atom is 0.485 e. The first-order valence-electron chi connectivity index (χ1n) is 13.3. The number of halogens is 3. The number of amides is 2. The fourth-order valence-corrected chi connectivity index (χ4v) is 5.41. The number of benzene rings is 3. The van der Waals surface area contributed by atoms with Crippen molar-refractivity contribution in [2.24, 2.45) is 0 Å². The number of ether oxygens (including phenoxy) is 1. The molecule has 0 radical (unpaired) electrons. The van der Waals surface area contributed by atoms with Crippen molar-refractivity contribution in [1.29, 1.82) is 0 Å². The Hall–Kier alpha value is -4.63. The van der Waals surface area contributed by atoms with Crippen LogP contribution in [0.1, 0.15) is 53.7 Å². The fraction of sp³-hybridized carbons (Fsp3) is 0.300. The molecule has 2 amide bonds. The number of fused-ring (bicyclic) bond motifs is 3. The van der Waals surface area contributed by atoms with E-state index in [1.54, 1.807) is 13.8 Å². The molecule has 0 bridgehead atoms. The Bertz CT molecular complexity index is 1880. The van der Waals surface area contributed by atoms with Gasteiger partial charge in [0.2, 0.25) is 5.69 Å². The van der Waals surface area contributed by atoms with Crippen LogP contribution in [0.5, 0.6) is 5.75 Å². The average molecular weight is 649 g/mol. The van der Waals surface area contributed by atoms with Gasteiger partial charge in [0.05, 0.1) is 11.0 Å². The van der Waals surface area contributed by atoms with Crippen molar-refractivity contribution in [2.45, 2.75) is 51.5 Å². The largest absolute Gasteiger partial charge is 0.741 e. The van der Waals surface area contributed by atoms with Crippen molar-refractivity contribution >= 4 is 56.0 Å². The summed E-state index contributed by atoms with van der Waals surface area (Å²) in [6.07, 6.45) is 0.0324. The summed E-state index contributed by atoms with van der Waals surface area (Å²) in [6, 6.07) is 15.2. The Morgan fingerprint density at radius 2 is 1.49 bits per heavy atom. The summed E-state index contributed by atoms with van der Waals surface area (Å²) < 4.78 is 66.7. The van der Waals surface area contributed by atoms with Crippen LogP contribution in [-0.4, -0.2) is 64.6 Å². The lowest BCUT2D eigenvalue weighted by molar-refractivity contribution is -0.402. The number of rotatable bonds is 4. The topological polar surface area (TPSA) is 150 Å². The molecule has 1 saturated heterocycles. The van der Waals surface area contributed by atoms with Crippen LogP contribution >= 0.6 is 0 Å². The van der Waals surface area contributed by atoms with Crippen molar-refractivity contribution in [1.82, 2.24) is 5.06 Å². The lowest BCUT2D eigenvalue weighted by Crippen LogP contribution is -2.38. The van der Waals surface area contributed by atoms with Gasteiger partial charge in [0, 0.05) is 24.5 Å². The van der Waals surface area contributed by atoms with Crippen molar-refractivity contribution in [2.75, 3.05) is 7.05 Å². The second kappa shape index (κ2) is 11.7. The number of carbonyl (C=O) groups excluding carboxylic acids is 4. The molecule has 0 saturated carbocycles. The number of hydrogen-bond acceptors (Lipinski definition) is 9. The molecule has 3 aromatic carbocycles. The molecule has 1 fully saturated rings. The number of alkyl halides is 3. The minimum Gasteiger partial charge on any atom is -0.741 e. The highest BCUT2D eigenvalue weighted by Gasteiger charge is 2.50. The Labute approximate surface area is 255 Å². The summed E-state index contributed by atoms with van der Waals surface area (Å²) >= 11 is 0. The second-order valence-corrected chi connectivity index (χ2v) is 12.3. The van der Waals surface area contributed by atoms with E-state index in [9.17, 15) is 32.3 Å². The van der Waals surface area contributed by atoms with Gasteiger partial charge in [-0.1, -0.05) is 24.3 Å². The van der Waals surface area contributed by atoms with Gasteiger partial charge in [-0.25, -0.2) is 18.0 Å².